The molecule has 0 saturated heterocycles. The monoisotopic (exact) mass is 434 g/mol. The van der Waals surface area contributed by atoms with E-state index in [-0.39, 0.29) is 6.04 Å². The third-order valence-electron chi connectivity index (χ3n) is 6.16. The highest BCUT2D eigenvalue weighted by atomic mass is 15.1. The Morgan fingerprint density at radius 1 is 0.515 bits per heavy atom. The lowest BCUT2D eigenvalue weighted by atomic mass is 10.0. The second kappa shape index (κ2) is 12.7. The number of hydrogen-bond donors (Lipinski definition) is 1. The highest BCUT2D eigenvalue weighted by Gasteiger charge is 2.16. The van der Waals surface area contributed by atoms with Crippen LogP contribution in [0.15, 0.2) is 121 Å². The fourth-order valence-corrected chi connectivity index (χ4v) is 4.23. The van der Waals surface area contributed by atoms with Gasteiger partial charge in [0.1, 0.15) is 0 Å². The molecule has 1 unspecified atom stereocenters. The van der Waals surface area contributed by atoms with Gasteiger partial charge >= 0.3 is 0 Å². The summed E-state index contributed by atoms with van der Waals surface area (Å²) in [6, 6.07) is 43.5. The van der Waals surface area contributed by atoms with Gasteiger partial charge in [-0.3, -0.25) is 0 Å². The zero-order valence-electron chi connectivity index (χ0n) is 19.3. The number of nitrogens with zero attached hydrogens (tertiary/aromatic N) is 1. The van der Waals surface area contributed by atoms with Gasteiger partial charge in [0.15, 0.2) is 0 Å². The van der Waals surface area contributed by atoms with Crippen LogP contribution in [0.1, 0.15) is 28.3 Å². The van der Waals surface area contributed by atoms with Gasteiger partial charge in [0.2, 0.25) is 0 Å². The van der Waals surface area contributed by atoms with Gasteiger partial charge in [-0.2, -0.15) is 0 Å². The van der Waals surface area contributed by atoms with Gasteiger partial charge in [0.05, 0.1) is 0 Å². The van der Waals surface area contributed by atoms with Crippen LogP contribution >= 0.6 is 0 Å². The summed E-state index contributed by atoms with van der Waals surface area (Å²) < 4.78 is 0. The standard InChI is InChI=1S/C31H34N2/c1-5-13-27(14-6-1)21-23-33(24-22-28-15-7-2-8-16-28)26-31(30-19-11-4-12-20-30)32-25-29-17-9-3-10-18-29/h1-20,31-32H,21-26H2. The third-order valence-corrected chi connectivity index (χ3v) is 6.16. The van der Waals surface area contributed by atoms with Crippen LogP contribution in [0.2, 0.25) is 0 Å². The smallest absolute Gasteiger partial charge is 0.0451 e. The van der Waals surface area contributed by atoms with Gasteiger partial charge in [-0.25, -0.2) is 0 Å². The fourth-order valence-electron chi connectivity index (χ4n) is 4.23. The summed E-state index contributed by atoms with van der Waals surface area (Å²) >= 11 is 0. The van der Waals surface area contributed by atoms with Crippen molar-refractivity contribution in [3.8, 4) is 0 Å². The van der Waals surface area contributed by atoms with E-state index in [1.807, 2.05) is 0 Å². The number of benzene rings is 4. The van der Waals surface area contributed by atoms with E-state index < -0.39 is 0 Å². The molecule has 1 atom stereocenters. The van der Waals surface area contributed by atoms with E-state index in [2.05, 4.69) is 132 Å². The first-order chi connectivity index (χ1) is 16.4. The zero-order chi connectivity index (χ0) is 22.6. The van der Waals surface area contributed by atoms with Gasteiger partial charge in [0.25, 0.3) is 0 Å². The molecule has 2 nitrogen and oxygen atoms in total. The molecule has 0 aliphatic rings. The van der Waals surface area contributed by atoms with E-state index in [1.54, 1.807) is 0 Å². The fraction of sp³-hybridized carbons (Fsp3) is 0.226. The van der Waals surface area contributed by atoms with Crippen LogP contribution in [0.4, 0.5) is 0 Å². The highest BCUT2D eigenvalue weighted by molar-refractivity contribution is 5.21. The average molecular weight is 435 g/mol. The first-order valence-electron chi connectivity index (χ1n) is 12.0. The maximum atomic E-state index is 3.84. The minimum absolute atomic E-state index is 0.276. The summed E-state index contributed by atoms with van der Waals surface area (Å²) in [6.45, 7) is 3.95. The van der Waals surface area contributed by atoms with Gasteiger partial charge in [-0.1, -0.05) is 121 Å². The Kier molecular flexibility index (Phi) is 8.87. The Morgan fingerprint density at radius 3 is 1.42 bits per heavy atom. The molecule has 0 amide bonds. The minimum atomic E-state index is 0.276. The van der Waals surface area contributed by atoms with Gasteiger partial charge < -0.3 is 10.2 Å². The second-order valence-corrected chi connectivity index (χ2v) is 8.60. The maximum absolute atomic E-state index is 3.84. The normalized spacial score (nSPS) is 12.0. The summed E-state index contributed by atoms with van der Waals surface area (Å²) in [7, 11) is 0. The van der Waals surface area contributed by atoms with Gasteiger partial charge in [0, 0.05) is 32.2 Å². The van der Waals surface area contributed by atoms with Crippen molar-refractivity contribution in [1.29, 1.82) is 0 Å². The van der Waals surface area contributed by atoms with Crippen LogP contribution in [0.3, 0.4) is 0 Å². The van der Waals surface area contributed by atoms with E-state index in [9.17, 15) is 0 Å². The summed E-state index contributed by atoms with van der Waals surface area (Å²) in [6.07, 6.45) is 2.13. The Hall–Kier alpha value is -3.20. The van der Waals surface area contributed by atoms with Gasteiger partial charge in [-0.05, 0) is 35.1 Å². The Morgan fingerprint density at radius 2 is 0.939 bits per heavy atom. The number of rotatable bonds is 12. The number of hydrogen-bond acceptors (Lipinski definition) is 2. The van der Waals surface area contributed by atoms with Gasteiger partial charge in [-0.15, -0.1) is 0 Å². The van der Waals surface area contributed by atoms with Crippen LogP contribution in [-0.4, -0.2) is 24.5 Å². The van der Waals surface area contributed by atoms with Crippen molar-refractivity contribution in [3.05, 3.63) is 144 Å². The Balaban J connectivity index is 1.47. The molecule has 0 radical (unpaired) electrons. The third kappa shape index (κ3) is 7.71. The van der Waals surface area contributed by atoms with Crippen LogP contribution < -0.4 is 5.32 Å². The van der Waals surface area contributed by atoms with Crippen molar-refractivity contribution in [1.82, 2.24) is 10.2 Å². The number of nitrogens with one attached hydrogen (secondary N) is 1. The molecular weight excluding hydrogens is 400 g/mol. The van der Waals surface area contributed by atoms with Crippen LogP contribution in [-0.2, 0) is 19.4 Å². The van der Waals surface area contributed by atoms with E-state index >= 15 is 0 Å². The summed E-state index contributed by atoms with van der Waals surface area (Å²) in [5.41, 5.74) is 5.46. The van der Waals surface area contributed by atoms with Crippen LogP contribution in [0.25, 0.3) is 0 Å². The van der Waals surface area contributed by atoms with E-state index in [1.165, 1.54) is 22.3 Å². The first kappa shape index (κ1) is 23.0. The van der Waals surface area contributed by atoms with Crippen molar-refractivity contribution < 1.29 is 0 Å². The molecule has 0 saturated carbocycles. The molecule has 0 aromatic heterocycles. The molecule has 0 spiro atoms. The summed E-state index contributed by atoms with van der Waals surface area (Å²) in [5.74, 6) is 0. The van der Waals surface area contributed by atoms with Crippen molar-refractivity contribution >= 4 is 0 Å². The van der Waals surface area contributed by atoms with E-state index in [4.69, 9.17) is 0 Å². The topological polar surface area (TPSA) is 15.3 Å². The molecule has 4 aromatic carbocycles. The molecule has 0 fully saturated rings. The molecule has 0 bridgehead atoms. The lowest BCUT2D eigenvalue weighted by Gasteiger charge is -2.29. The van der Waals surface area contributed by atoms with Crippen molar-refractivity contribution in [3.63, 3.8) is 0 Å². The highest BCUT2D eigenvalue weighted by Crippen LogP contribution is 2.17. The van der Waals surface area contributed by atoms with Crippen molar-refractivity contribution in [2.45, 2.75) is 25.4 Å². The molecule has 4 aromatic rings. The second-order valence-electron chi connectivity index (χ2n) is 8.60. The lowest BCUT2D eigenvalue weighted by molar-refractivity contribution is 0.246. The molecule has 1 N–H and O–H groups in total. The predicted molar refractivity (Wildman–Crippen MR) is 139 cm³/mol. The summed E-state index contributed by atoms with van der Waals surface area (Å²) in [5, 5.41) is 3.84. The molecule has 0 aliphatic carbocycles. The van der Waals surface area contributed by atoms with Crippen molar-refractivity contribution in [2.24, 2.45) is 0 Å². The average Bonchev–Trinajstić information content (AvgIpc) is 2.90. The van der Waals surface area contributed by atoms with E-state index in [0.29, 0.717) is 0 Å². The quantitative estimate of drug-likeness (QED) is 0.281. The minimum Gasteiger partial charge on any atom is -0.305 e. The SMILES string of the molecule is c1ccc(CCN(CCc2ccccc2)CC(NCc2ccccc2)c2ccccc2)cc1. The molecule has 168 valence electrons. The molecule has 4 rings (SSSR count). The predicted octanol–water partition coefficient (Wildman–Crippen LogP) is 6.30. The molecule has 0 heterocycles. The Bertz CT molecular complexity index is 990. The summed E-state index contributed by atoms with van der Waals surface area (Å²) in [4.78, 5) is 2.62. The molecule has 2 heteroatoms. The van der Waals surface area contributed by atoms with Crippen LogP contribution in [0.5, 0.6) is 0 Å². The first-order valence-corrected chi connectivity index (χ1v) is 12.0. The molecular formula is C31H34N2. The maximum Gasteiger partial charge on any atom is 0.0451 e. The Labute approximate surface area is 198 Å². The lowest BCUT2D eigenvalue weighted by Crippen LogP contribution is -2.37. The molecule has 33 heavy (non-hydrogen) atoms. The van der Waals surface area contributed by atoms with Crippen molar-refractivity contribution in [2.75, 3.05) is 19.6 Å². The largest absolute Gasteiger partial charge is 0.305 e. The zero-order valence-corrected chi connectivity index (χ0v) is 19.3. The molecule has 0 aliphatic heterocycles. The van der Waals surface area contributed by atoms with Crippen LogP contribution in [0, 0.1) is 0 Å². The van der Waals surface area contributed by atoms with E-state index in [0.717, 1.165) is 39.0 Å².